The molecule has 0 aliphatic carbocycles. The molecule has 0 spiro atoms. The van der Waals surface area contributed by atoms with Gasteiger partial charge in [0.25, 0.3) is 0 Å². The lowest BCUT2D eigenvalue weighted by Crippen LogP contribution is -2.34. The Morgan fingerprint density at radius 2 is 1.92 bits per heavy atom. The van der Waals surface area contributed by atoms with E-state index in [9.17, 15) is 24.2 Å². The monoisotopic (exact) mass is 357 g/mol. The molecule has 0 radical (unpaired) electrons. The van der Waals surface area contributed by atoms with E-state index >= 15 is 0 Å². The zero-order valence-corrected chi connectivity index (χ0v) is 14.5. The molecule has 2 unspecified atom stereocenters. The smallest absolute Gasteiger partial charge is 0.407 e. The second-order valence-corrected chi connectivity index (χ2v) is 6.64. The number of aliphatic carboxylic acids is 1. The van der Waals surface area contributed by atoms with Gasteiger partial charge in [0.1, 0.15) is 17.5 Å². The molecule has 1 aromatic carbocycles. The van der Waals surface area contributed by atoms with Gasteiger partial charge in [-0.25, -0.2) is 9.18 Å². The van der Waals surface area contributed by atoms with Crippen LogP contribution in [-0.2, 0) is 16.0 Å². The number of carboxylic acids is 1. The molecular weight excluding hydrogens is 333 g/mol. The van der Waals surface area contributed by atoms with Gasteiger partial charge in [-0.3, -0.25) is 4.79 Å². The van der Waals surface area contributed by atoms with Crippen molar-refractivity contribution >= 4 is 12.1 Å². The number of benzene rings is 1. The summed E-state index contributed by atoms with van der Waals surface area (Å²) in [7, 11) is 0. The molecule has 0 aliphatic rings. The maximum absolute atomic E-state index is 13.3. The van der Waals surface area contributed by atoms with Crippen LogP contribution in [0.15, 0.2) is 18.2 Å². The summed E-state index contributed by atoms with van der Waals surface area (Å²) in [5.74, 6) is -1.81. The molecule has 0 aromatic heterocycles. The molecule has 0 saturated heterocycles. The predicted octanol–water partition coefficient (Wildman–Crippen LogP) is 1.76. The van der Waals surface area contributed by atoms with Crippen molar-refractivity contribution in [1.82, 2.24) is 5.32 Å². The number of halogens is 1. The van der Waals surface area contributed by atoms with E-state index in [1.807, 2.05) is 0 Å². The molecule has 140 valence electrons. The van der Waals surface area contributed by atoms with E-state index in [2.05, 4.69) is 5.32 Å². The number of carbonyl (C=O) groups is 2. The Labute approximate surface area is 145 Å². The van der Waals surface area contributed by atoms with Crippen molar-refractivity contribution in [2.75, 3.05) is 6.54 Å². The standard InChI is InChI=1S/C17H24FNO6/c1-17(2,3)25-16(24)19-7-6-13(20)15(23)12-5-4-11(18)8-10(12)9-14(21)22/h4-5,8,13,15,20,23H,6-7,9H2,1-3H3,(H,19,24)(H,21,22). The Morgan fingerprint density at radius 3 is 2.48 bits per heavy atom. The summed E-state index contributed by atoms with van der Waals surface area (Å²) in [6.07, 6.45) is -3.80. The van der Waals surface area contributed by atoms with E-state index in [0.29, 0.717) is 0 Å². The first-order valence-electron chi connectivity index (χ1n) is 7.82. The number of ether oxygens (including phenoxy) is 1. The van der Waals surface area contributed by atoms with Gasteiger partial charge in [-0.05, 0) is 50.5 Å². The summed E-state index contributed by atoms with van der Waals surface area (Å²) in [6.45, 7) is 5.18. The third-order valence-electron chi connectivity index (χ3n) is 3.24. The fourth-order valence-corrected chi connectivity index (χ4v) is 2.18. The molecule has 7 nitrogen and oxygen atoms in total. The van der Waals surface area contributed by atoms with Crippen molar-refractivity contribution in [2.45, 2.75) is 51.4 Å². The summed E-state index contributed by atoms with van der Waals surface area (Å²) >= 11 is 0. The Bertz CT molecular complexity index is 614. The van der Waals surface area contributed by atoms with Crippen LogP contribution in [0.5, 0.6) is 0 Å². The zero-order chi connectivity index (χ0) is 19.2. The van der Waals surface area contributed by atoms with Crippen molar-refractivity contribution in [3.63, 3.8) is 0 Å². The van der Waals surface area contributed by atoms with Gasteiger partial charge >= 0.3 is 12.1 Å². The maximum Gasteiger partial charge on any atom is 0.407 e. The van der Waals surface area contributed by atoms with E-state index < -0.39 is 42.1 Å². The van der Waals surface area contributed by atoms with Crippen LogP contribution in [0.3, 0.4) is 0 Å². The van der Waals surface area contributed by atoms with Gasteiger partial charge in [-0.15, -0.1) is 0 Å². The van der Waals surface area contributed by atoms with Crippen LogP contribution < -0.4 is 5.32 Å². The van der Waals surface area contributed by atoms with Gasteiger partial charge in [0.05, 0.1) is 12.5 Å². The van der Waals surface area contributed by atoms with Crippen LogP contribution in [0.25, 0.3) is 0 Å². The van der Waals surface area contributed by atoms with Crippen LogP contribution in [0, 0.1) is 5.82 Å². The highest BCUT2D eigenvalue weighted by atomic mass is 19.1. The van der Waals surface area contributed by atoms with Gasteiger partial charge in [0.2, 0.25) is 0 Å². The largest absolute Gasteiger partial charge is 0.481 e. The Kier molecular flexibility index (Phi) is 7.32. The van der Waals surface area contributed by atoms with Crippen LogP contribution >= 0.6 is 0 Å². The highest BCUT2D eigenvalue weighted by Crippen LogP contribution is 2.24. The molecule has 0 aliphatic heterocycles. The number of hydrogen-bond donors (Lipinski definition) is 4. The number of alkyl carbamates (subject to hydrolysis) is 1. The quantitative estimate of drug-likeness (QED) is 0.591. The van der Waals surface area contributed by atoms with Gasteiger partial charge in [0, 0.05) is 6.54 Å². The lowest BCUT2D eigenvalue weighted by atomic mass is 9.95. The Morgan fingerprint density at radius 1 is 1.28 bits per heavy atom. The average Bonchev–Trinajstić information content (AvgIpc) is 2.44. The van der Waals surface area contributed by atoms with Crippen molar-refractivity contribution in [3.05, 3.63) is 35.1 Å². The van der Waals surface area contributed by atoms with E-state index in [1.165, 1.54) is 6.07 Å². The number of rotatable bonds is 7. The molecular formula is C17H24FNO6. The molecule has 1 aromatic rings. The molecule has 0 saturated carbocycles. The minimum atomic E-state index is -1.41. The SMILES string of the molecule is CC(C)(C)OC(=O)NCCC(O)C(O)c1ccc(F)cc1CC(=O)O. The first-order chi connectivity index (χ1) is 11.5. The molecule has 0 fully saturated rings. The van der Waals surface area contributed by atoms with E-state index in [-0.39, 0.29) is 24.1 Å². The number of aliphatic hydroxyl groups is 2. The minimum Gasteiger partial charge on any atom is -0.481 e. The predicted molar refractivity (Wildman–Crippen MR) is 87.6 cm³/mol. The van der Waals surface area contributed by atoms with Crippen molar-refractivity contribution in [2.24, 2.45) is 0 Å². The van der Waals surface area contributed by atoms with Gasteiger partial charge in [-0.1, -0.05) is 6.07 Å². The van der Waals surface area contributed by atoms with Crippen LogP contribution in [0.1, 0.15) is 44.4 Å². The van der Waals surface area contributed by atoms with Crippen LogP contribution in [0.4, 0.5) is 9.18 Å². The number of nitrogens with one attached hydrogen (secondary N) is 1. The molecule has 2 atom stereocenters. The molecule has 1 rings (SSSR count). The number of carboxylic acid groups (broad SMARTS) is 1. The van der Waals surface area contributed by atoms with E-state index in [1.54, 1.807) is 20.8 Å². The third kappa shape index (κ3) is 7.49. The summed E-state index contributed by atoms with van der Waals surface area (Å²) in [6, 6.07) is 3.33. The highest BCUT2D eigenvalue weighted by Gasteiger charge is 2.23. The van der Waals surface area contributed by atoms with Crippen LogP contribution in [-0.4, -0.2) is 45.6 Å². The number of carbonyl (C=O) groups excluding carboxylic acids is 1. The molecule has 0 heterocycles. The lowest BCUT2D eigenvalue weighted by molar-refractivity contribution is -0.136. The topological polar surface area (TPSA) is 116 Å². The average molecular weight is 357 g/mol. The second-order valence-electron chi connectivity index (χ2n) is 6.64. The van der Waals surface area contributed by atoms with Crippen molar-refractivity contribution in [1.29, 1.82) is 0 Å². The summed E-state index contributed by atoms with van der Waals surface area (Å²) in [5.41, 5.74) is -0.435. The second kappa shape index (κ2) is 8.77. The number of amides is 1. The fraction of sp³-hybridized carbons (Fsp3) is 0.529. The summed E-state index contributed by atoms with van der Waals surface area (Å²) < 4.78 is 18.3. The van der Waals surface area contributed by atoms with Crippen LogP contribution in [0.2, 0.25) is 0 Å². The third-order valence-corrected chi connectivity index (χ3v) is 3.24. The van der Waals surface area contributed by atoms with Gasteiger partial charge in [-0.2, -0.15) is 0 Å². The molecule has 0 bridgehead atoms. The molecule has 25 heavy (non-hydrogen) atoms. The Hall–Kier alpha value is -2.19. The molecule has 4 N–H and O–H groups in total. The lowest BCUT2D eigenvalue weighted by Gasteiger charge is -2.22. The highest BCUT2D eigenvalue weighted by molar-refractivity contribution is 5.70. The Balaban J connectivity index is 2.66. The normalized spacial score (nSPS) is 13.8. The number of hydrogen-bond acceptors (Lipinski definition) is 5. The molecule has 8 heteroatoms. The zero-order valence-electron chi connectivity index (χ0n) is 14.5. The maximum atomic E-state index is 13.3. The first-order valence-corrected chi connectivity index (χ1v) is 7.82. The minimum absolute atomic E-state index is 0.00426. The van der Waals surface area contributed by atoms with E-state index in [4.69, 9.17) is 9.84 Å². The molecule has 1 amide bonds. The van der Waals surface area contributed by atoms with Gasteiger partial charge in [0.15, 0.2) is 0 Å². The van der Waals surface area contributed by atoms with Crippen molar-refractivity contribution < 1.29 is 34.0 Å². The van der Waals surface area contributed by atoms with Crippen molar-refractivity contribution in [3.8, 4) is 0 Å². The number of aliphatic hydroxyl groups excluding tert-OH is 2. The first kappa shape index (κ1) is 20.9. The fourth-order valence-electron chi connectivity index (χ4n) is 2.18. The summed E-state index contributed by atoms with van der Waals surface area (Å²) in [4.78, 5) is 22.4. The summed E-state index contributed by atoms with van der Waals surface area (Å²) in [5, 5.41) is 31.6. The van der Waals surface area contributed by atoms with E-state index in [0.717, 1.165) is 12.1 Å². The van der Waals surface area contributed by atoms with Gasteiger partial charge < -0.3 is 25.4 Å².